The number of piperidine rings is 1. The summed E-state index contributed by atoms with van der Waals surface area (Å²) in [6.07, 6.45) is 4.25. The quantitative estimate of drug-likeness (QED) is 0.581. The molecule has 6 heteroatoms. The lowest BCUT2D eigenvalue weighted by Crippen LogP contribution is -2.39. The van der Waals surface area contributed by atoms with Gasteiger partial charge in [0.1, 0.15) is 17.7 Å². The number of ether oxygens (including phenoxy) is 2. The lowest BCUT2D eigenvalue weighted by Gasteiger charge is -2.34. The lowest BCUT2D eigenvalue weighted by molar-refractivity contribution is 0.0479. The average molecular weight is 470 g/mol. The van der Waals surface area contributed by atoms with Gasteiger partial charge in [-0.25, -0.2) is 4.98 Å². The summed E-state index contributed by atoms with van der Waals surface area (Å²) in [5, 5.41) is 2.86. The number of hydrogen-bond donors (Lipinski definition) is 1. The van der Waals surface area contributed by atoms with Crippen LogP contribution in [0, 0.1) is 6.92 Å². The molecule has 1 amide bonds. The highest BCUT2D eigenvalue weighted by Gasteiger charge is 2.27. The third-order valence-corrected chi connectivity index (χ3v) is 7.37. The summed E-state index contributed by atoms with van der Waals surface area (Å²) >= 11 is 0. The Balaban J connectivity index is 1.03. The van der Waals surface area contributed by atoms with E-state index < -0.39 is 0 Å². The summed E-state index contributed by atoms with van der Waals surface area (Å²) in [5.74, 6) is 1.94. The minimum absolute atomic E-state index is 0.0160. The molecule has 0 radical (unpaired) electrons. The Labute approximate surface area is 206 Å². The van der Waals surface area contributed by atoms with Crippen LogP contribution >= 0.6 is 0 Å². The molecule has 3 aliphatic rings. The van der Waals surface area contributed by atoms with Crippen LogP contribution in [0.1, 0.15) is 51.1 Å². The predicted octanol–water partition coefficient (Wildman–Crippen LogP) is 4.37. The van der Waals surface area contributed by atoms with Gasteiger partial charge in [0.2, 0.25) is 0 Å². The van der Waals surface area contributed by atoms with Crippen molar-refractivity contribution in [1.82, 2.24) is 10.3 Å². The smallest absolute Gasteiger partial charge is 0.253 e. The highest BCUT2D eigenvalue weighted by Crippen LogP contribution is 2.31. The lowest BCUT2D eigenvalue weighted by atomic mass is 10.1. The van der Waals surface area contributed by atoms with E-state index >= 15 is 0 Å². The van der Waals surface area contributed by atoms with Crippen LogP contribution in [0.5, 0.6) is 5.75 Å². The van der Waals surface area contributed by atoms with Gasteiger partial charge in [-0.3, -0.25) is 4.79 Å². The number of hydrogen-bond acceptors (Lipinski definition) is 5. The first-order valence-electron chi connectivity index (χ1n) is 12.6. The molecule has 1 saturated heterocycles. The number of aryl methyl sites for hydroxylation is 1. The highest BCUT2D eigenvalue weighted by atomic mass is 16.5. The minimum atomic E-state index is -0.0160. The average Bonchev–Trinajstić information content (AvgIpc) is 3.46. The van der Waals surface area contributed by atoms with Crippen molar-refractivity contribution in [1.29, 1.82) is 0 Å². The fourth-order valence-electron chi connectivity index (χ4n) is 5.46. The van der Waals surface area contributed by atoms with E-state index in [1.165, 1.54) is 16.7 Å². The second-order valence-electron chi connectivity index (χ2n) is 9.87. The van der Waals surface area contributed by atoms with Crippen molar-refractivity contribution in [2.75, 3.05) is 18.0 Å². The first-order valence-corrected chi connectivity index (χ1v) is 12.6. The Morgan fingerprint density at radius 3 is 2.63 bits per heavy atom. The molecule has 1 aliphatic carbocycles. The molecule has 6 nitrogen and oxygen atoms in total. The molecular weight excluding hydrogens is 438 g/mol. The van der Waals surface area contributed by atoms with Gasteiger partial charge in [-0.15, -0.1) is 0 Å². The number of nitrogens with one attached hydrogen (secondary N) is 1. The van der Waals surface area contributed by atoms with Crippen LogP contribution in [-0.4, -0.2) is 36.2 Å². The standard InChI is InChI=1S/C29H31N3O3/c1-19-13-26-27(17-30-29(26)33)31-28(19)32-11-9-23(10-12-32)35-24-8-7-21-14-25(16-22(21)15-24)34-18-20-5-3-2-4-6-20/h2-8,13,15,23,25H,9-12,14,16-18H2,1H3,(H,30,33). The van der Waals surface area contributed by atoms with Gasteiger partial charge in [0, 0.05) is 25.9 Å². The maximum absolute atomic E-state index is 11.9. The van der Waals surface area contributed by atoms with Gasteiger partial charge in [-0.1, -0.05) is 36.4 Å². The largest absolute Gasteiger partial charge is 0.490 e. The number of rotatable bonds is 6. The van der Waals surface area contributed by atoms with Crippen molar-refractivity contribution < 1.29 is 14.3 Å². The van der Waals surface area contributed by atoms with Gasteiger partial charge in [0.05, 0.1) is 30.5 Å². The van der Waals surface area contributed by atoms with Gasteiger partial charge in [-0.05, 0) is 60.2 Å². The molecule has 6 rings (SSSR count). The fraction of sp³-hybridized carbons (Fsp3) is 0.379. The maximum Gasteiger partial charge on any atom is 0.253 e. The SMILES string of the molecule is Cc1cc2c(nc1N1CCC(Oc3ccc4c(c3)CC(OCc3ccccc3)C4)CC1)CNC2=O. The van der Waals surface area contributed by atoms with E-state index in [1.807, 2.05) is 19.1 Å². The van der Waals surface area contributed by atoms with Gasteiger partial charge in [-0.2, -0.15) is 0 Å². The predicted molar refractivity (Wildman–Crippen MR) is 135 cm³/mol. The van der Waals surface area contributed by atoms with Crippen molar-refractivity contribution in [3.63, 3.8) is 0 Å². The van der Waals surface area contributed by atoms with Crippen LogP contribution in [0.4, 0.5) is 5.82 Å². The van der Waals surface area contributed by atoms with Crippen molar-refractivity contribution in [2.24, 2.45) is 0 Å². The van der Waals surface area contributed by atoms with E-state index in [0.29, 0.717) is 18.7 Å². The van der Waals surface area contributed by atoms with Crippen LogP contribution in [0.25, 0.3) is 0 Å². The Kier molecular flexibility index (Phi) is 5.90. The van der Waals surface area contributed by atoms with E-state index in [2.05, 4.69) is 52.7 Å². The number of nitrogens with zero attached hydrogens (tertiary/aromatic N) is 2. The first kappa shape index (κ1) is 22.1. The number of fused-ring (bicyclic) bond motifs is 2. The number of pyridine rings is 1. The Bertz CT molecular complexity index is 1240. The number of anilines is 1. The number of amides is 1. The molecule has 1 aromatic heterocycles. The second kappa shape index (κ2) is 9.34. The Morgan fingerprint density at radius 2 is 1.80 bits per heavy atom. The summed E-state index contributed by atoms with van der Waals surface area (Å²) in [4.78, 5) is 19.0. The van der Waals surface area contributed by atoms with Crippen LogP contribution in [0.15, 0.2) is 54.6 Å². The normalized spacial score (nSPS) is 19.4. The van der Waals surface area contributed by atoms with Gasteiger partial charge < -0.3 is 19.7 Å². The third kappa shape index (κ3) is 4.63. The molecule has 1 atom stereocenters. The second-order valence-corrected chi connectivity index (χ2v) is 9.87. The van der Waals surface area contributed by atoms with Crippen molar-refractivity contribution in [3.05, 3.63) is 88.1 Å². The van der Waals surface area contributed by atoms with E-state index in [0.717, 1.165) is 61.6 Å². The van der Waals surface area contributed by atoms with Crippen molar-refractivity contribution >= 4 is 11.7 Å². The zero-order chi connectivity index (χ0) is 23.8. The molecule has 1 unspecified atom stereocenters. The highest BCUT2D eigenvalue weighted by molar-refractivity contribution is 5.98. The molecule has 0 spiro atoms. The number of carbonyl (C=O) groups excluding carboxylic acids is 1. The summed E-state index contributed by atoms with van der Waals surface area (Å²) in [6.45, 7) is 5.03. The molecule has 0 bridgehead atoms. The van der Waals surface area contributed by atoms with Gasteiger partial charge in [0.25, 0.3) is 5.91 Å². The van der Waals surface area contributed by atoms with Crippen LogP contribution in [0.3, 0.4) is 0 Å². The molecule has 1 fully saturated rings. The molecule has 180 valence electrons. The molecule has 3 heterocycles. The Hall–Kier alpha value is -3.38. The van der Waals surface area contributed by atoms with Gasteiger partial charge in [0.15, 0.2) is 0 Å². The first-order chi connectivity index (χ1) is 17.1. The summed E-state index contributed by atoms with van der Waals surface area (Å²) < 4.78 is 12.6. The zero-order valence-corrected chi connectivity index (χ0v) is 20.1. The number of carbonyl (C=O) groups is 1. The zero-order valence-electron chi connectivity index (χ0n) is 20.1. The van der Waals surface area contributed by atoms with Crippen LogP contribution in [-0.2, 0) is 30.7 Å². The summed E-state index contributed by atoms with van der Waals surface area (Å²) in [6, 6.07) is 18.9. The van der Waals surface area contributed by atoms with Gasteiger partial charge >= 0.3 is 0 Å². The van der Waals surface area contributed by atoms with E-state index in [-0.39, 0.29) is 18.1 Å². The number of benzene rings is 2. The fourth-order valence-corrected chi connectivity index (χ4v) is 5.46. The molecule has 1 N–H and O–H groups in total. The topological polar surface area (TPSA) is 63.7 Å². The summed E-state index contributed by atoms with van der Waals surface area (Å²) in [5.41, 5.74) is 6.57. The molecule has 35 heavy (non-hydrogen) atoms. The molecule has 3 aromatic rings. The third-order valence-electron chi connectivity index (χ3n) is 7.37. The number of aromatic nitrogens is 1. The van der Waals surface area contributed by atoms with E-state index in [9.17, 15) is 4.79 Å². The molecule has 2 aliphatic heterocycles. The monoisotopic (exact) mass is 469 g/mol. The molecule has 2 aromatic carbocycles. The summed E-state index contributed by atoms with van der Waals surface area (Å²) in [7, 11) is 0. The van der Waals surface area contributed by atoms with E-state index in [1.54, 1.807) is 0 Å². The van der Waals surface area contributed by atoms with Crippen LogP contribution < -0.4 is 15.0 Å². The van der Waals surface area contributed by atoms with Crippen LogP contribution in [0.2, 0.25) is 0 Å². The molecular formula is C29H31N3O3. The van der Waals surface area contributed by atoms with Crippen molar-refractivity contribution in [3.8, 4) is 5.75 Å². The Morgan fingerprint density at radius 1 is 1.00 bits per heavy atom. The van der Waals surface area contributed by atoms with Crippen molar-refractivity contribution in [2.45, 2.75) is 58.0 Å². The maximum atomic E-state index is 11.9. The minimum Gasteiger partial charge on any atom is -0.490 e. The van der Waals surface area contributed by atoms with E-state index in [4.69, 9.17) is 14.5 Å². The molecule has 0 saturated carbocycles.